The van der Waals surface area contributed by atoms with Gasteiger partial charge in [0.15, 0.2) is 18.1 Å². The molecule has 2 aromatic carbocycles. The molecule has 2 rings (SSSR count). The first-order valence-electron chi connectivity index (χ1n) is 6.59. The molecule has 0 saturated heterocycles. The maximum atomic E-state index is 11.9. The lowest BCUT2D eigenvalue weighted by molar-refractivity contribution is -0.118. The lowest BCUT2D eigenvalue weighted by Crippen LogP contribution is -2.20. The molecule has 22 heavy (non-hydrogen) atoms. The van der Waals surface area contributed by atoms with Gasteiger partial charge in [-0.05, 0) is 29.8 Å². The molecule has 0 radical (unpaired) electrons. The lowest BCUT2D eigenvalue weighted by Gasteiger charge is -2.13. The van der Waals surface area contributed by atoms with Gasteiger partial charge in [0, 0.05) is 10.2 Å². The van der Waals surface area contributed by atoms with E-state index in [-0.39, 0.29) is 19.1 Å². The van der Waals surface area contributed by atoms with Gasteiger partial charge in [0.2, 0.25) is 0 Å². The molecule has 0 bridgehead atoms. The molecule has 1 amide bonds. The van der Waals surface area contributed by atoms with Crippen LogP contribution in [0, 0.1) is 0 Å². The maximum Gasteiger partial charge on any atom is 0.262 e. The summed E-state index contributed by atoms with van der Waals surface area (Å²) >= 11 is 3.34. The van der Waals surface area contributed by atoms with E-state index < -0.39 is 0 Å². The van der Waals surface area contributed by atoms with E-state index in [0.717, 1.165) is 0 Å². The number of rotatable bonds is 6. The molecule has 116 valence electrons. The Morgan fingerprint density at radius 2 is 1.95 bits per heavy atom. The lowest BCUT2D eigenvalue weighted by atomic mass is 10.2. The van der Waals surface area contributed by atoms with Gasteiger partial charge in [-0.2, -0.15) is 0 Å². The molecule has 2 N–H and O–H groups in total. The summed E-state index contributed by atoms with van der Waals surface area (Å²) in [5.74, 6) is 0.616. The molecular weight excluding hydrogens is 350 g/mol. The molecule has 0 fully saturated rings. The summed E-state index contributed by atoms with van der Waals surface area (Å²) in [7, 11) is 1.50. The second-order valence-corrected chi connectivity index (χ2v) is 5.31. The fourth-order valence-electron chi connectivity index (χ4n) is 1.83. The average molecular weight is 366 g/mol. The molecule has 0 atom stereocenters. The number of methoxy groups -OCH3 is 1. The Hall–Kier alpha value is -2.05. The van der Waals surface area contributed by atoms with Crippen molar-refractivity contribution in [3.63, 3.8) is 0 Å². The van der Waals surface area contributed by atoms with Crippen LogP contribution in [0.25, 0.3) is 0 Å². The van der Waals surface area contributed by atoms with Crippen LogP contribution in [0.2, 0.25) is 0 Å². The number of para-hydroxylation sites is 1. The number of anilines is 1. The number of halogens is 1. The van der Waals surface area contributed by atoms with Gasteiger partial charge in [0.25, 0.3) is 5.91 Å². The summed E-state index contributed by atoms with van der Waals surface area (Å²) in [4.78, 5) is 11.9. The highest BCUT2D eigenvalue weighted by atomic mass is 79.9. The van der Waals surface area contributed by atoms with Crippen molar-refractivity contribution in [2.24, 2.45) is 0 Å². The van der Waals surface area contributed by atoms with Crippen LogP contribution < -0.4 is 14.8 Å². The van der Waals surface area contributed by atoms with Crippen LogP contribution in [-0.4, -0.2) is 24.7 Å². The van der Waals surface area contributed by atoms with Gasteiger partial charge >= 0.3 is 0 Å². The zero-order valence-electron chi connectivity index (χ0n) is 12.0. The van der Waals surface area contributed by atoms with Crippen molar-refractivity contribution in [2.45, 2.75) is 6.61 Å². The Kier molecular flexibility index (Phi) is 5.80. The maximum absolute atomic E-state index is 11.9. The molecule has 2 aromatic rings. The monoisotopic (exact) mass is 365 g/mol. The molecule has 0 aliphatic rings. The molecule has 0 unspecified atom stereocenters. The number of amides is 1. The highest BCUT2D eigenvalue weighted by molar-refractivity contribution is 9.10. The highest BCUT2D eigenvalue weighted by Gasteiger charge is 2.11. The fourth-order valence-corrected chi connectivity index (χ4v) is 2.28. The van der Waals surface area contributed by atoms with Crippen molar-refractivity contribution in [1.29, 1.82) is 0 Å². The normalized spacial score (nSPS) is 10.1. The Bertz CT molecular complexity index is 646. The van der Waals surface area contributed by atoms with Gasteiger partial charge in [-0.1, -0.05) is 34.1 Å². The van der Waals surface area contributed by atoms with Crippen LogP contribution in [-0.2, 0) is 11.4 Å². The van der Waals surface area contributed by atoms with Crippen LogP contribution in [0.5, 0.6) is 11.5 Å². The van der Waals surface area contributed by atoms with Crippen LogP contribution in [0.1, 0.15) is 5.56 Å². The largest absolute Gasteiger partial charge is 0.493 e. The van der Waals surface area contributed by atoms with Gasteiger partial charge in [-0.3, -0.25) is 4.79 Å². The number of carbonyl (C=O) groups excluding carboxylic acids is 1. The van der Waals surface area contributed by atoms with Crippen molar-refractivity contribution in [3.8, 4) is 11.5 Å². The molecule has 0 heterocycles. The minimum absolute atomic E-state index is 0.119. The molecule has 0 saturated carbocycles. The zero-order chi connectivity index (χ0) is 15.9. The fraction of sp³-hybridized carbons (Fsp3) is 0.188. The van der Waals surface area contributed by atoms with Crippen LogP contribution >= 0.6 is 15.9 Å². The van der Waals surface area contributed by atoms with Gasteiger partial charge in [0.1, 0.15) is 0 Å². The Labute approximate surface area is 137 Å². The van der Waals surface area contributed by atoms with Crippen LogP contribution in [0.4, 0.5) is 5.69 Å². The number of nitrogens with one attached hydrogen (secondary N) is 1. The van der Waals surface area contributed by atoms with Crippen molar-refractivity contribution in [3.05, 3.63) is 52.5 Å². The van der Waals surface area contributed by atoms with E-state index in [2.05, 4.69) is 21.2 Å². The average Bonchev–Trinajstić information content (AvgIpc) is 2.54. The number of aliphatic hydroxyl groups is 1. The Morgan fingerprint density at radius 3 is 2.59 bits per heavy atom. The quantitative estimate of drug-likeness (QED) is 0.825. The first kappa shape index (κ1) is 16.3. The Balaban J connectivity index is 2.02. The first-order chi connectivity index (χ1) is 10.6. The van der Waals surface area contributed by atoms with E-state index in [1.165, 1.54) is 7.11 Å². The van der Waals surface area contributed by atoms with E-state index in [4.69, 9.17) is 9.47 Å². The predicted molar refractivity (Wildman–Crippen MR) is 87.2 cm³/mol. The number of carbonyl (C=O) groups is 1. The van der Waals surface area contributed by atoms with Crippen LogP contribution in [0.3, 0.4) is 0 Å². The van der Waals surface area contributed by atoms with E-state index in [9.17, 15) is 9.90 Å². The topological polar surface area (TPSA) is 67.8 Å². The number of hydrogen-bond acceptors (Lipinski definition) is 4. The third kappa shape index (κ3) is 4.22. The summed E-state index contributed by atoms with van der Waals surface area (Å²) in [5, 5.41) is 12.0. The summed E-state index contributed by atoms with van der Waals surface area (Å²) in [6, 6.07) is 12.5. The van der Waals surface area contributed by atoms with Crippen molar-refractivity contribution < 1.29 is 19.4 Å². The predicted octanol–water partition coefficient (Wildman–Crippen LogP) is 2.97. The molecular formula is C16H16BrNO4. The standard InChI is InChI=1S/C16H16BrNO4/c1-21-14-7-11(9-19)13(17)8-15(14)22-10-16(20)18-12-5-3-2-4-6-12/h2-8,19H,9-10H2,1H3,(H,18,20). The molecule has 0 aliphatic heterocycles. The molecule has 0 aliphatic carbocycles. The third-order valence-electron chi connectivity index (χ3n) is 2.92. The van der Waals surface area contributed by atoms with E-state index in [1.54, 1.807) is 24.3 Å². The van der Waals surface area contributed by atoms with Crippen molar-refractivity contribution in [2.75, 3.05) is 19.0 Å². The smallest absolute Gasteiger partial charge is 0.262 e. The second kappa shape index (κ2) is 7.82. The number of benzene rings is 2. The summed E-state index contributed by atoms with van der Waals surface area (Å²) in [6.07, 6.45) is 0. The minimum Gasteiger partial charge on any atom is -0.493 e. The number of ether oxygens (including phenoxy) is 2. The van der Waals surface area contributed by atoms with Gasteiger partial charge in [-0.25, -0.2) is 0 Å². The summed E-state index contributed by atoms with van der Waals surface area (Å²) in [5.41, 5.74) is 1.39. The SMILES string of the molecule is COc1cc(CO)c(Br)cc1OCC(=O)Nc1ccccc1. The molecule has 5 nitrogen and oxygen atoms in total. The van der Waals surface area contributed by atoms with Crippen molar-refractivity contribution >= 4 is 27.5 Å². The summed E-state index contributed by atoms with van der Waals surface area (Å²) < 4.78 is 11.4. The molecule has 0 spiro atoms. The van der Waals surface area contributed by atoms with Gasteiger partial charge in [-0.15, -0.1) is 0 Å². The molecule has 0 aromatic heterocycles. The summed E-state index contributed by atoms with van der Waals surface area (Å²) in [6.45, 7) is -0.262. The minimum atomic E-state index is -0.268. The van der Waals surface area contributed by atoms with E-state index in [0.29, 0.717) is 27.2 Å². The van der Waals surface area contributed by atoms with E-state index in [1.807, 2.05) is 18.2 Å². The highest BCUT2D eigenvalue weighted by Crippen LogP contribution is 2.33. The van der Waals surface area contributed by atoms with Gasteiger partial charge in [0.05, 0.1) is 13.7 Å². The van der Waals surface area contributed by atoms with E-state index >= 15 is 0 Å². The molecule has 6 heteroatoms. The van der Waals surface area contributed by atoms with Gasteiger partial charge < -0.3 is 19.9 Å². The Morgan fingerprint density at radius 1 is 1.23 bits per heavy atom. The van der Waals surface area contributed by atoms with Crippen LogP contribution in [0.15, 0.2) is 46.9 Å². The number of aliphatic hydroxyl groups excluding tert-OH is 1. The van der Waals surface area contributed by atoms with Crippen molar-refractivity contribution in [1.82, 2.24) is 0 Å². The second-order valence-electron chi connectivity index (χ2n) is 4.46. The number of hydrogen-bond donors (Lipinski definition) is 2. The third-order valence-corrected chi connectivity index (χ3v) is 3.66. The zero-order valence-corrected chi connectivity index (χ0v) is 13.6. The first-order valence-corrected chi connectivity index (χ1v) is 7.38.